The zero-order chi connectivity index (χ0) is 27.4. The largest absolute Gasteiger partial charge is 0.399 e. The molecular weight excluding hydrogens is 482 g/mol. The molecule has 1 atom stereocenters. The first-order valence-corrected chi connectivity index (χ1v) is 16.2. The van der Waals surface area contributed by atoms with Gasteiger partial charge in [0.1, 0.15) is 11.2 Å². The van der Waals surface area contributed by atoms with E-state index in [0.717, 1.165) is 17.3 Å². The molecule has 0 bridgehead atoms. The molecule has 1 unspecified atom stereocenters. The van der Waals surface area contributed by atoms with E-state index in [4.69, 9.17) is 12.9 Å². The highest BCUT2D eigenvalue weighted by atomic mass is 31.1. The summed E-state index contributed by atoms with van der Waals surface area (Å²) in [7, 11) is -1.75. The summed E-state index contributed by atoms with van der Waals surface area (Å²) >= 11 is 0. The van der Waals surface area contributed by atoms with Gasteiger partial charge in [0.15, 0.2) is 0 Å². The molecule has 2 aromatic carbocycles. The third-order valence-corrected chi connectivity index (χ3v) is 11.8. The summed E-state index contributed by atoms with van der Waals surface area (Å²) in [6, 6.07) is 4.60. The van der Waals surface area contributed by atoms with Crippen LogP contribution in [0.3, 0.4) is 0 Å². The van der Waals surface area contributed by atoms with E-state index < -0.39 is 8.24 Å². The van der Waals surface area contributed by atoms with Crippen molar-refractivity contribution in [2.24, 2.45) is 0 Å². The highest BCUT2D eigenvalue weighted by Gasteiger charge is 2.27. The van der Waals surface area contributed by atoms with Gasteiger partial charge >= 0.3 is 8.24 Å². The van der Waals surface area contributed by atoms with Crippen molar-refractivity contribution in [3.8, 4) is 0 Å². The van der Waals surface area contributed by atoms with Crippen LogP contribution in [0.25, 0.3) is 21.9 Å². The number of aryl methyl sites for hydroxylation is 4. The van der Waals surface area contributed by atoms with Gasteiger partial charge in [-0.1, -0.05) is 74.4 Å². The fourth-order valence-corrected chi connectivity index (χ4v) is 6.74. The van der Waals surface area contributed by atoms with Crippen molar-refractivity contribution >= 4 is 38.1 Å². The Balaban J connectivity index is 2.48. The molecule has 3 rings (SSSR count). The summed E-state index contributed by atoms with van der Waals surface area (Å²) in [5, 5.41) is 2.64. The molecule has 1 heterocycles. The number of hydrogen-bond donors (Lipinski definition) is 0. The molecule has 3 nitrogen and oxygen atoms in total. The molecule has 0 amide bonds. The SMILES string of the molecule is Cc1cc(C(C)(C)C)c2op(OCCP(C)C(C)(C)C)oc3c(C(C)(C)C)cc(C)c(C)c3c2c1C. The zero-order valence-electron chi connectivity index (χ0n) is 25.2. The predicted molar refractivity (Wildman–Crippen MR) is 162 cm³/mol. The van der Waals surface area contributed by atoms with E-state index in [-0.39, 0.29) is 18.8 Å². The van der Waals surface area contributed by atoms with Crippen LogP contribution in [-0.2, 0) is 10.8 Å². The van der Waals surface area contributed by atoms with Crippen molar-refractivity contribution in [2.45, 2.75) is 106 Å². The molecule has 0 spiro atoms. The lowest BCUT2D eigenvalue weighted by atomic mass is 9.81. The maximum absolute atomic E-state index is 6.79. The molecule has 200 valence electrons. The molecule has 0 aliphatic rings. The summed E-state index contributed by atoms with van der Waals surface area (Å²) in [5.74, 6) is 0. The van der Waals surface area contributed by atoms with E-state index >= 15 is 0 Å². The minimum atomic E-state index is -1.60. The number of fused-ring (bicyclic) bond motifs is 3. The van der Waals surface area contributed by atoms with Crippen LogP contribution in [0.15, 0.2) is 20.5 Å². The Morgan fingerprint density at radius 3 is 1.44 bits per heavy atom. The summed E-state index contributed by atoms with van der Waals surface area (Å²) < 4.78 is 20.0. The third-order valence-electron chi connectivity index (χ3n) is 7.56. The summed E-state index contributed by atoms with van der Waals surface area (Å²) in [6.07, 6.45) is 1.03. The second kappa shape index (κ2) is 10.1. The fourth-order valence-electron chi connectivity index (χ4n) is 4.50. The van der Waals surface area contributed by atoms with E-state index in [1.54, 1.807) is 0 Å². The zero-order valence-corrected chi connectivity index (χ0v) is 27.0. The van der Waals surface area contributed by atoms with Crippen molar-refractivity contribution in [1.29, 1.82) is 0 Å². The lowest BCUT2D eigenvalue weighted by Gasteiger charge is -2.27. The number of rotatable bonds is 4. The van der Waals surface area contributed by atoms with E-state index in [1.807, 2.05) is 0 Å². The Kier molecular flexibility index (Phi) is 8.24. The topological polar surface area (TPSA) is 35.5 Å². The van der Waals surface area contributed by atoms with Gasteiger partial charge in [0, 0.05) is 21.9 Å². The average Bonchev–Trinajstić information content (AvgIpc) is 2.88. The highest BCUT2D eigenvalue weighted by molar-refractivity contribution is 7.58. The quantitative estimate of drug-likeness (QED) is 0.315. The van der Waals surface area contributed by atoms with Crippen molar-refractivity contribution in [2.75, 3.05) is 19.4 Å². The van der Waals surface area contributed by atoms with E-state index in [0.29, 0.717) is 11.8 Å². The van der Waals surface area contributed by atoms with Crippen molar-refractivity contribution in [3.05, 3.63) is 45.5 Å². The Morgan fingerprint density at radius 2 is 1.11 bits per heavy atom. The van der Waals surface area contributed by atoms with Gasteiger partial charge in [-0.15, -0.1) is 7.92 Å². The molecule has 0 saturated heterocycles. The second-order valence-corrected chi connectivity index (χ2v) is 17.7. The maximum Gasteiger partial charge on any atom is 0.387 e. The molecule has 0 saturated carbocycles. The van der Waals surface area contributed by atoms with Crippen molar-refractivity contribution in [1.82, 2.24) is 0 Å². The fraction of sp³-hybridized carbons (Fsp3) is 0.613. The van der Waals surface area contributed by atoms with Crippen molar-refractivity contribution in [3.63, 3.8) is 0 Å². The second-order valence-electron chi connectivity index (χ2n) is 13.5. The number of benzene rings is 2. The molecule has 0 N–H and O–H groups in total. The van der Waals surface area contributed by atoms with Gasteiger partial charge in [-0.05, 0) is 78.8 Å². The Labute approximate surface area is 221 Å². The Morgan fingerprint density at radius 1 is 0.722 bits per heavy atom. The molecule has 1 aromatic heterocycles. The lowest BCUT2D eigenvalue weighted by molar-refractivity contribution is 0.394. The average molecular weight is 531 g/mol. The standard InChI is InChI=1S/C31H48O3P2/c1-19-17-23(29(5,6)7)27-25(21(19)3)26-22(4)20(2)18-24(30(8,9)10)28(26)34-36(33-27)32-15-16-35(14)31(11,12)13/h17-18H,15-16H2,1-14H3. The Hall–Kier alpha value is -1.27. The van der Waals surface area contributed by atoms with Gasteiger partial charge in [0.05, 0.1) is 6.61 Å². The lowest BCUT2D eigenvalue weighted by Crippen LogP contribution is -2.15. The molecular formula is C31H48O3P2. The molecule has 0 aliphatic carbocycles. The Bertz CT molecular complexity index is 1220. The van der Waals surface area contributed by atoms with Crippen molar-refractivity contribution < 1.29 is 12.9 Å². The van der Waals surface area contributed by atoms with Gasteiger partial charge in [-0.25, -0.2) is 0 Å². The van der Waals surface area contributed by atoms with E-state index in [1.165, 1.54) is 44.2 Å². The number of hydrogen-bond acceptors (Lipinski definition) is 3. The molecule has 3 aromatic rings. The summed E-state index contributed by atoms with van der Waals surface area (Å²) in [4.78, 5) is 0. The van der Waals surface area contributed by atoms with Crippen LogP contribution in [0.5, 0.6) is 0 Å². The normalized spacial score (nSPS) is 14.1. The molecule has 0 radical (unpaired) electrons. The summed E-state index contributed by atoms with van der Waals surface area (Å²) in [6.45, 7) is 32.3. The van der Waals surface area contributed by atoms with Gasteiger partial charge in [0.25, 0.3) is 0 Å². The van der Waals surface area contributed by atoms with Crippen LogP contribution in [0.4, 0.5) is 0 Å². The van der Waals surface area contributed by atoms with Gasteiger partial charge in [0.2, 0.25) is 0 Å². The minimum absolute atomic E-state index is 0.0807. The monoisotopic (exact) mass is 530 g/mol. The van der Waals surface area contributed by atoms with Crippen LogP contribution in [0, 0.1) is 27.7 Å². The summed E-state index contributed by atoms with van der Waals surface area (Å²) in [5.41, 5.74) is 9.16. The molecule has 36 heavy (non-hydrogen) atoms. The van der Waals surface area contributed by atoms with Gasteiger partial charge in [-0.2, -0.15) is 0 Å². The van der Waals surface area contributed by atoms with E-state index in [9.17, 15) is 0 Å². The van der Waals surface area contributed by atoms with E-state index in [2.05, 4.69) is 109 Å². The van der Waals surface area contributed by atoms with Gasteiger partial charge in [-0.3, -0.25) is 4.52 Å². The van der Waals surface area contributed by atoms with Crippen LogP contribution in [-0.4, -0.2) is 24.6 Å². The van der Waals surface area contributed by atoms with Crippen LogP contribution in [0.2, 0.25) is 0 Å². The first-order valence-electron chi connectivity index (χ1n) is 13.1. The third kappa shape index (κ3) is 5.90. The first-order chi connectivity index (χ1) is 16.3. The van der Waals surface area contributed by atoms with Crippen LogP contribution in [0.1, 0.15) is 95.7 Å². The predicted octanol–water partition coefficient (Wildman–Crippen LogP) is 10.5. The maximum atomic E-state index is 6.79. The molecule has 0 fully saturated rings. The molecule has 5 heteroatoms. The molecule has 0 aliphatic heterocycles. The first kappa shape index (κ1) is 29.3. The van der Waals surface area contributed by atoms with Crippen LogP contribution >= 0.6 is 16.2 Å². The minimum Gasteiger partial charge on any atom is -0.399 e. The van der Waals surface area contributed by atoms with Gasteiger partial charge < -0.3 is 8.39 Å². The smallest absolute Gasteiger partial charge is 0.387 e. The highest BCUT2D eigenvalue weighted by Crippen LogP contribution is 2.47. The van der Waals surface area contributed by atoms with Crippen LogP contribution < -0.4 is 4.52 Å².